The number of carbonyl (C=O) groups is 1. The fourth-order valence-corrected chi connectivity index (χ4v) is 0.932. The molecule has 0 heterocycles. The summed E-state index contributed by atoms with van der Waals surface area (Å²) in [4.78, 5) is 9.93. The first-order valence-corrected chi connectivity index (χ1v) is 2.34. The van der Waals surface area contributed by atoms with E-state index >= 15 is 0 Å². The molecule has 0 aromatic carbocycles. The minimum atomic E-state index is 0.278. The molecule has 0 aromatic rings. The van der Waals surface area contributed by atoms with Gasteiger partial charge in [-0.3, -0.25) is 0 Å². The molecule has 0 spiro atoms. The molecule has 0 unspecified atom stereocenters. The number of hydrogen-bond acceptors (Lipinski definition) is 1. The van der Waals surface area contributed by atoms with Crippen LogP contribution in [-0.4, -0.2) is 6.29 Å². The Morgan fingerprint density at radius 3 is 2.17 bits per heavy atom. The zero-order chi connectivity index (χ0) is 4.20. The number of fused-ring (bicyclic) bond motifs is 1. The SMILES string of the molecule is O=CC12CC1C2. The highest BCUT2D eigenvalue weighted by Crippen LogP contribution is 2.73. The molecule has 2 fully saturated rings. The number of hydrogen-bond donors (Lipinski definition) is 0. The van der Waals surface area contributed by atoms with Gasteiger partial charge >= 0.3 is 0 Å². The lowest BCUT2D eigenvalue weighted by molar-refractivity contribution is -0.110. The second-order valence-electron chi connectivity index (χ2n) is 2.46. The Kier molecular flexibility index (Phi) is 0.214. The van der Waals surface area contributed by atoms with Gasteiger partial charge in [0, 0.05) is 5.41 Å². The third kappa shape index (κ3) is 0.122. The Labute approximate surface area is 36.3 Å². The van der Waals surface area contributed by atoms with E-state index in [0.29, 0.717) is 0 Å². The lowest BCUT2D eigenvalue weighted by Gasteiger charge is -1.78. The third-order valence-corrected chi connectivity index (χ3v) is 1.98. The van der Waals surface area contributed by atoms with Gasteiger partial charge in [-0.25, -0.2) is 0 Å². The highest BCUT2D eigenvalue weighted by Gasteiger charge is 2.69. The summed E-state index contributed by atoms with van der Waals surface area (Å²) in [5.41, 5.74) is 0.278. The zero-order valence-electron chi connectivity index (χ0n) is 3.48. The highest BCUT2D eigenvalue weighted by molar-refractivity contribution is 5.70. The summed E-state index contributed by atoms with van der Waals surface area (Å²) in [5, 5.41) is 0. The van der Waals surface area contributed by atoms with Gasteiger partial charge in [0.2, 0.25) is 0 Å². The van der Waals surface area contributed by atoms with Crippen LogP contribution in [0.3, 0.4) is 0 Å². The quantitative estimate of drug-likeness (QED) is 0.423. The summed E-state index contributed by atoms with van der Waals surface area (Å²) in [5.74, 6) is 0.843. The van der Waals surface area contributed by atoms with Crippen LogP contribution >= 0.6 is 0 Å². The molecule has 32 valence electrons. The van der Waals surface area contributed by atoms with Gasteiger partial charge in [-0.2, -0.15) is 0 Å². The minimum Gasteiger partial charge on any atom is -0.303 e. The monoisotopic (exact) mass is 82.0 g/mol. The second kappa shape index (κ2) is 0.462. The smallest absolute Gasteiger partial charge is 0.126 e. The van der Waals surface area contributed by atoms with Gasteiger partial charge in [0.1, 0.15) is 6.29 Å². The van der Waals surface area contributed by atoms with Crippen LogP contribution in [0.5, 0.6) is 0 Å². The van der Waals surface area contributed by atoms with Crippen LogP contribution in [0.25, 0.3) is 0 Å². The fraction of sp³-hybridized carbons (Fsp3) is 0.800. The molecule has 0 radical (unpaired) electrons. The Morgan fingerprint density at radius 1 is 1.67 bits per heavy atom. The molecule has 6 heavy (non-hydrogen) atoms. The summed E-state index contributed by atoms with van der Waals surface area (Å²) >= 11 is 0. The normalized spacial score (nSPS) is 59.7. The molecule has 0 aliphatic heterocycles. The van der Waals surface area contributed by atoms with Crippen molar-refractivity contribution in [2.45, 2.75) is 12.8 Å². The van der Waals surface area contributed by atoms with E-state index in [4.69, 9.17) is 0 Å². The van der Waals surface area contributed by atoms with E-state index < -0.39 is 0 Å². The largest absolute Gasteiger partial charge is 0.303 e. The van der Waals surface area contributed by atoms with Gasteiger partial charge in [-0.1, -0.05) is 0 Å². The molecule has 2 rings (SSSR count). The number of carbonyl (C=O) groups excluding carboxylic acids is 1. The lowest BCUT2D eigenvalue weighted by atomic mass is 10.3. The first-order chi connectivity index (χ1) is 2.87. The molecule has 2 aliphatic rings. The lowest BCUT2D eigenvalue weighted by Crippen LogP contribution is -1.82. The molecule has 0 bridgehead atoms. The maximum Gasteiger partial charge on any atom is 0.126 e. The van der Waals surface area contributed by atoms with Gasteiger partial charge in [0.25, 0.3) is 0 Å². The molecule has 0 N–H and O–H groups in total. The zero-order valence-corrected chi connectivity index (χ0v) is 3.48. The highest BCUT2D eigenvalue weighted by atomic mass is 16.1. The maximum absolute atomic E-state index is 9.93. The van der Waals surface area contributed by atoms with E-state index in [0.717, 1.165) is 12.2 Å². The van der Waals surface area contributed by atoms with Crippen LogP contribution in [0.4, 0.5) is 0 Å². The second-order valence-corrected chi connectivity index (χ2v) is 2.46. The summed E-state index contributed by atoms with van der Waals surface area (Å²) in [7, 11) is 0. The average molecular weight is 82.1 g/mol. The Balaban J connectivity index is 2.27. The van der Waals surface area contributed by atoms with Crippen LogP contribution in [0, 0.1) is 11.3 Å². The van der Waals surface area contributed by atoms with E-state index in [-0.39, 0.29) is 5.41 Å². The van der Waals surface area contributed by atoms with Crippen LogP contribution < -0.4 is 0 Å². The van der Waals surface area contributed by atoms with Crippen molar-refractivity contribution in [3.05, 3.63) is 0 Å². The van der Waals surface area contributed by atoms with Crippen molar-refractivity contribution in [3.8, 4) is 0 Å². The van der Waals surface area contributed by atoms with Gasteiger partial charge in [0.15, 0.2) is 0 Å². The maximum atomic E-state index is 9.93. The van der Waals surface area contributed by atoms with Crippen molar-refractivity contribution in [1.82, 2.24) is 0 Å². The van der Waals surface area contributed by atoms with E-state index in [2.05, 4.69) is 0 Å². The van der Waals surface area contributed by atoms with Crippen molar-refractivity contribution < 1.29 is 4.79 Å². The average Bonchev–Trinajstić information content (AvgIpc) is 2.12. The van der Waals surface area contributed by atoms with Crippen LogP contribution in [0.1, 0.15) is 12.8 Å². The van der Waals surface area contributed by atoms with Crippen molar-refractivity contribution in [2.75, 3.05) is 0 Å². The van der Waals surface area contributed by atoms with Crippen LogP contribution in [0.2, 0.25) is 0 Å². The molecule has 0 aromatic heterocycles. The van der Waals surface area contributed by atoms with Gasteiger partial charge < -0.3 is 4.79 Å². The standard InChI is InChI=1S/C5H6O/c6-3-5-1-4(5)2-5/h3-4H,1-2H2. The molecule has 0 saturated heterocycles. The van der Waals surface area contributed by atoms with Crippen molar-refractivity contribution >= 4 is 6.29 Å². The summed E-state index contributed by atoms with van der Waals surface area (Å²) < 4.78 is 0. The molecular weight excluding hydrogens is 76.1 g/mol. The number of aldehydes is 1. The van der Waals surface area contributed by atoms with E-state index in [1.165, 1.54) is 12.8 Å². The van der Waals surface area contributed by atoms with Crippen LogP contribution in [0.15, 0.2) is 0 Å². The third-order valence-electron chi connectivity index (χ3n) is 1.98. The minimum absolute atomic E-state index is 0.278. The molecule has 1 heteroatoms. The predicted molar refractivity (Wildman–Crippen MR) is 21.2 cm³/mol. The van der Waals surface area contributed by atoms with E-state index in [1.54, 1.807) is 0 Å². The first-order valence-electron chi connectivity index (χ1n) is 2.34. The topological polar surface area (TPSA) is 17.1 Å². The van der Waals surface area contributed by atoms with Gasteiger partial charge in [0.05, 0.1) is 0 Å². The predicted octanol–water partition coefficient (Wildman–Crippen LogP) is 0.595. The molecule has 1 nitrogen and oxygen atoms in total. The van der Waals surface area contributed by atoms with Crippen LogP contribution in [-0.2, 0) is 4.79 Å². The Morgan fingerprint density at radius 2 is 2.17 bits per heavy atom. The fourth-order valence-electron chi connectivity index (χ4n) is 0.932. The van der Waals surface area contributed by atoms with Gasteiger partial charge in [-0.15, -0.1) is 0 Å². The molecule has 0 amide bonds. The number of rotatable bonds is 1. The molecule has 2 aliphatic carbocycles. The van der Waals surface area contributed by atoms with E-state index in [9.17, 15) is 4.79 Å². The van der Waals surface area contributed by atoms with Crippen molar-refractivity contribution in [1.29, 1.82) is 0 Å². The first kappa shape index (κ1) is 2.78. The van der Waals surface area contributed by atoms with Crippen molar-refractivity contribution in [2.24, 2.45) is 11.3 Å². The summed E-state index contributed by atoms with van der Waals surface area (Å²) in [6.45, 7) is 0. The molecule has 0 atom stereocenters. The van der Waals surface area contributed by atoms with Crippen molar-refractivity contribution in [3.63, 3.8) is 0 Å². The molecular formula is C5H6O. The van der Waals surface area contributed by atoms with Gasteiger partial charge in [-0.05, 0) is 18.8 Å². The van der Waals surface area contributed by atoms with E-state index in [1.807, 2.05) is 0 Å². The molecule has 2 saturated carbocycles. The Bertz CT molecular complexity index is 101. The Hall–Kier alpha value is -0.330. The summed E-state index contributed by atoms with van der Waals surface area (Å²) in [6.07, 6.45) is 3.53. The summed E-state index contributed by atoms with van der Waals surface area (Å²) in [6, 6.07) is 0.